The average Bonchev–Trinajstić information content (AvgIpc) is 3.25. The van der Waals surface area contributed by atoms with E-state index < -0.39 is 24.4 Å². The molecule has 0 saturated heterocycles. The molecule has 8 heteroatoms. The van der Waals surface area contributed by atoms with Crippen molar-refractivity contribution in [2.75, 3.05) is 13.2 Å². The molecule has 44 heavy (non-hydrogen) atoms. The molecule has 8 nitrogen and oxygen atoms in total. The van der Waals surface area contributed by atoms with Crippen LogP contribution in [0.2, 0.25) is 0 Å². The van der Waals surface area contributed by atoms with Crippen molar-refractivity contribution in [2.24, 2.45) is 17.8 Å². The zero-order valence-corrected chi connectivity index (χ0v) is 28.2. The summed E-state index contributed by atoms with van der Waals surface area (Å²) in [4.78, 5) is 24.0. The Labute approximate surface area is 268 Å². The molecule has 1 saturated carbocycles. The molecular weight excluding hydrogens is 560 g/mol. The van der Waals surface area contributed by atoms with E-state index in [0.717, 1.165) is 70.1 Å². The van der Waals surface area contributed by atoms with Crippen molar-refractivity contribution in [3.05, 3.63) is 12.2 Å². The molecule has 0 bridgehead atoms. The highest BCUT2D eigenvalue weighted by Crippen LogP contribution is 2.37. The van der Waals surface area contributed by atoms with Crippen LogP contribution in [-0.4, -0.2) is 70.0 Å². The van der Waals surface area contributed by atoms with Crippen molar-refractivity contribution < 1.29 is 39.5 Å². The Kier molecular flexibility index (Phi) is 23.7. The second kappa shape index (κ2) is 25.7. The molecular formula is C36H66O8. The van der Waals surface area contributed by atoms with Crippen LogP contribution >= 0.6 is 0 Å². The summed E-state index contributed by atoms with van der Waals surface area (Å²) in [5.74, 6) is -0.102. The number of unbranched alkanes of at least 4 members (excludes halogenated alkanes) is 11. The summed E-state index contributed by atoms with van der Waals surface area (Å²) in [6.07, 6.45) is 19.2. The Morgan fingerprint density at radius 3 is 1.82 bits per heavy atom. The highest BCUT2D eigenvalue weighted by Gasteiger charge is 2.39. The first kappa shape index (κ1) is 40.5. The summed E-state index contributed by atoms with van der Waals surface area (Å²) >= 11 is 0. The molecule has 6 atom stereocenters. The normalized spacial score (nSPS) is 21.6. The number of aliphatic hydroxyl groups is 4. The van der Waals surface area contributed by atoms with Crippen LogP contribution in [0.3, 0.4) is 0 Å². The lowest BCUT2D eigenvalue weighted by Crippen LogP contribution is -2.25. The Balaban J connectivity index is 2.07. The van der Waals surface area contributed by atoms with Gasteiger partial charge in [0.15, 0.2) is 0 Å². The van der Waals surface area contributed by atoms with Crippen LogP contribution in [0.25, 0.3) is 0 Å². The van der Waals surface area contributed by atoms with Gasteiger partial charge >= 0.3 is 11.9 Å². The molecule has 0 spiro atoms. The van der Waals surface area contributed by atoms with Gasteiger partial charge in [0.1, 0.15) is 19.3 Å². The largest absolute Gasteiger partial charge is 0.463 e. The van der Waals surface area contributed by atoms with Gasteiger partial charge in [0, 0.05) is 25.2 Å². The minimum absolute atomic E-state index is 0.0288. The van der Waals surface area contributed by atoms with Gasteiger partial charge in [0.2, 0.25) is 0 Å². The molecule has 4 N–H and O–H groups in total. The lowest BCUT2D eigenvalue weighted by Gasteiger charge is -2.21. The van der Waals surface area contributed by atoms with Gasteiger partial charge in [-0.05, 0) is 37.5 Å². The van der Waals surface area contributed by atoms with E-state index in [-0.39, 0.29) is 43.4 Å². The van der Waals surface area contributed by atoms with Gasteiger partial charge < -0.3 is 29.9 Å². The molecule has 0 aromatic carbocycles. The second-order valence-corrected chi connectivity index (χ2v) is 13.4. The Morgan fingerprint density at radius 2 is 1.25 bits per heavy atom. The molecule has 0 radical (unpaired) electrons. The van der Waals surface area contributed by atoms with E-state index in [4.69, 9.17) is 9.47 Å². The van der Waals surface area contributed by atoms with E-state index in [0.29, 0.717) is 25.7 Å². The second-order valence-electron chi connectivity index (χ2n) is 13.4. The molecule has 0 unspecified atom stereocenters. The molecule has 0 aromatic heterocycles. The molecule has 0 amide bonds. The quantitative estimate of drug-likeness (QED) is 0.0445. The number of carbonyl (C=O) groups is 2. The summed E-state index contributed by atoms with van der Waals surface area (Å²) in [6, 6.07) is 0. The van der Waals surface area contributed by atoms with Gasteiger partial charge in [-0.2, -0.15) is 0 Å². The van der Waals surface area contributed by atoms with Gasteiger partial charge in [-0.3, -0.25) is 9.59 Å². The number of hydrogen-bond acceptors (Lipinski definition) is 8. The summed E-state index contributed by atoms with van der Waals surface area (Å²) in [5.41, 5.74) is 0. The molecule has 0 aliphatic heterocycles. The van der Waals surface area contributed by atoms with Crippen molar-refractivity contribution in [2.45, 2.75) is 174 Å². The van der Waals surface area contributed by atoms with Crippen molar-refractivity contribution in [1.29, 1.82) is 0 Å². The summed E-state index contributed by atoms with van der Waals surface area (Å²) in [7, 11) is 0. The van der Waals surface area contributed by atoms with Crippen LogP contribution in [0.5, 0.6) is 0 Å². The molecule has 0 aromatic rings. The lowest BCUT2D eigenvalue weighted by molar-refractivity contribution is -0.152. The number of ether oxygens (including phenoxy) is 2. The number of esters is 2. The molecule has 1 rings (SSSR count). The average molecular weight is 627 g/mol. The summed E-state index contributed by atoms with van der Waals surface area (Å²) in [6.45, 7) is 6.29. The Hall–Kier alpha value is -1.48. The van der Waals surface area contributed by atoms with Crippen LogP contribution in [0.15, 0.2) is 12.2 Å². The summed E-state index contributed by atoms with van der Waals surface area (Å²) in [5, 5.41) is 41.1. The van der Waals surface area contributed by atoms with Crippen molar-refractivity contribution in [3.63, 3.8) is 0 Å². The fourth-order valence-electron chi connectivity index (χ4n) is 6.01. The third-order valence-electron chi connectivity index (χ3n) is 8.78. The number of rotatable bonds is 27. The number of aliphatic hydroxyl groups excluding tert-OH is 4. The molecule has 0 heterocycles. The predicted molar refractivity (Wildman–Crippen MR) is 175 cm³/mol. The zero-order valence-electron chi connectivity index (χ0n) is 28.2. The van der Waals surface area contributed by atoms with Crippen LogP contribution in [0.4, 0.5) is 0 Å². The maximum Gasteiger partial charge on any atom is 0.305 e. The van der Waals surface area contributed by atoms with Crippen LogP contribution in [-0.2, 0) is 19.1 Å². The molecule has 258 valence electrons. The van der Waals surface area contributed by atoms with E-state index in [2.05, 4.69) is 20.8 Å². The van der Waals surface area contributed by atoms with Crippen LogP contribution in [0.1, 0.15) is 149 Å². The van der Waals surface area contributed by atoms with Crippen molar-refractivity contribution in [3.8, 4) is 0 Å². The van der Waals surface area contributed by atoms with E-state index in [1.54, 1.807) is 6.08 Å². The smallest absolute Gasteiger partial charge is 0.305 e. The third kappa shape index (κ3) is 20.5. The van der Waals surface area contributed by atoms with E-state index in [1.165, 1.54) is 32.1 Å². The number of carbonyl (C=O) groups excluding carboxylic acids is 2. The van der Waals surface area contributed by atoms with Crippen molar-refractivity contribution in [1.82, 2.24) is 0 Å². The Morgan fingerprint density at radius 1 is 0.727 bits per heavy atom. The topological polar surface area (TPSA) is 134 Å². The number of hydrogen-bond donors (Lipinski definition) is 4. The minimum atomic E-state index is -1.03. The zero-order chi connectivity index (χ0) is 32.6. The lowest BCUT2D eigenvalue weighted by atomic mass is 9.88. The maximum absolute atomic E-state index is 12.0. The first-order valence-electron chi connectivity index (χ1n) is 17.9. The molecule has 1 aliphatic carbocycles. The fourth-order valence-corrected chi connectivity index (χ4v) is 6.01. The summed E-state index contributed by atoms with van der Waals surface area (Å²) < 4.78 is 10.3. The first-order valence-corrected chi connectivity index (χ1v) is 17.9. The van der Waals surface area contributed by atoms with Crippen LogP contribution < -0.4 is 0 Å². The van der Waals surface area contributed by atoms with E-state index >= 15 is 0 Å². The third-order valence-corrected chi connectivity index (χ3v) is 8.78. The molecule has 1 aliphatic rings. The van der Waals surface area contributed by atoms with E-state index in [9.17, 15) is 30.0 Å². The van der Waals surface area contributed by atoms with Gasteiger partial charge in [-0.25, -0.2) is 0 Å². The SMILES string of the molecule is CCCCC[C@H](O)/C=C/[C@@H]1[C@@H](CCCCCCC(=O)OC[C@@H](O)COC(=O)CCCCCCCCCC(C)C)[C@@H](O)C[C@H]1O. The Bertz CT molecular complexity index is 754. The van der Waals surface area contributed by atoms with Gasteiger partial charge in [0.05, 0.1) is 18.3 Å². The molecule has 1 fully saturated rings. The maximum atomic E-state index is 12.0. The predicted octanol–water partition coefficient (Wildman–Crippen LogP) is 6.80. The highest BCUT2D eigenvalue weighted by molar-refractivity contribution is 5.69. The van der Waals surface area contributed by atoms with Gasteiger partial charge in [-0.15, -0.1) is 0 Å². The first-order chi connectivity index (χ1) is 21.1. The van der Waals surface area contributed by atoms with Crippen LogP contribution in [0, 0.1) is 17.8 Å². The van der Waals surface area contributed by atoms with Crippen molar-refractivity contribution >= 4 is 11.9 Å². The minimum Gasteiger partial charge on any atom is -0.463 e. The van der Waals surface area contributed by atoms with Gasteiger partial charge in [0.25, 0.3) is 0 Å². The monoisotopic (exact) mass is 626 g/mol. The standard InChI is InChI=1S/C36H66O8/c1-4-5-13-19-29(37)23-24-32-31(33(39)25-34(32)40)20-15-11-12-17-22-36(42)44-27-30(38)26-43-35(41)21-16-10-8-6-7-9-14-18-28(2)3/h23-24,28-34,37-40H,4-22,25-27H2,1-3H3/b24-23+/t29-,30-,31+,32+,33-,34+/m0/s1. The van der Waals surface area contributed by atoms with E-state index in [1.807, 2.05) is 6.08 Å². The highest BCUT2D eigenvalue weighted by atomic mass is 16.6. The fraction of sp³-hybridized carbons (Fsp3) is 0.889. The van der Waals surface area contributed by atoms with Gasteiger partial charge in [-0.1, -0.05) is 116 Å².